The largest absolute Gasteiger partial charge is 0.497 e. The van der Waals surface area contributed by atoms with E-state index in [0.29, 0.717) is 31.3 Å². The van der Waals surface area contributed by atoms with Gasteiger partial charge in [0.25, 0.3) is 0 Å². The number of amides is 2. The Bertz CT molecular complexity index is 826. The van der Waals surface area contributed by atoms with E-state index in [1.54, 1.807) is 33.2 Å². The van der Waals surface area contributed by atoms with E-state index in [1.807, 2.05) is 30.0 Å². The van der Waals surface area contributed by atoms with Gasteiger partial charge >= 0.3 is 6.03 Å². The molecule has 0 aliphatic carbocycles. The Morgan fingerprint density at radius 1 is 1.18 bits per heavy atom. The lowest BCUT2D eigenvalue weighted by molar-refractivity contribution is 0.119. The average molecular weight is 388 g/mol. The zero-order chi connectivity index (χ0) is 20.3. The quantitative estimate of drug-likeness (QED) is 0.784. The fourth-order valence-electron chi connectivity index (χ4n) is 3.26. The first-order chi connectivity index (χ1) is 13.4. The first kappa shape index (κ1) is 20.0. The number of hydrogen-bond donors (Lipinski definition) is 0. The highest BCUT2D eigenvalue weighted by atomic mass is 16.5. The van der Waals surface area contributed by atoms with Crippen molar-refractivity contribution in [2.45, 2.75) is 13.5 Å². The summed E-state index contributed by atoms with van der Waals surface area (Å²) in [5.41, 5.74) is 1.66. The van der Waals surface area contributed by atoms with E-state index in [4.69, 9.17) is 18.9 Å². The van der Waals surface area contributed by atoms with Crippen LogP contribution < -0.4 is 9.47 Å². The summed E-state index contributed by atoms with van der Waals surface area (Å²) in [4.78, 5) is 22.6. The molecule has 2 heterocycles. The maximum absolute atomic E-state index is 12.1. The summed E-state index contributed by atoms with van der Waals surface area (Å²) in [6.45, 7) is 5.65. The van der Waals surface area contributed by atoms with Crippen molar-refractivity contribution >= 4 is 6.03 Å². The van der Waals surface area contributed by atoms with Crippen molar-refractivity contribution < 1.29 is 18.7 Å². The lowest BCUT2D eigenvalue weighted by Gasteiger charge is -2.35. The van der Waals surface area contributed by atoms with Crippen LogP contribution in [0.3, 0.4) is 0 Å². The van der Waals surface area contributed by atoms with Crippen LogP contribution in [0.2, 0.25) is 0 Å². The van der Waals surface area contributed by atoms with Crippen molar-refractivity contribution in [2.24, 2.45) is 0 Å². The molecule has 8 nitrogen and oxygen atoms in total. The number of piperazine rings is 1. The van der Waals surface area contributed by atoms with Gasteiger partial charge in [0.05, 0.1) is 25.5 Å². The number of aryl methyl sites for hydroxylation is 1. The van der Waals surface area contributed by atoms with Crippen molar-refractivity contribution in [3.8, 4) is 23.0 Å². The molecular weight excluding hydrogens is 360 g/mol. The number of benzene rings is 1. The molecule has 0 N–H and O–H groups in total. The number of aromatic nitrogens is 1. The summed E-state index contributed by atoms with van der Waals surface area (Å²) in [7, 11) is 6.80. The van der Waals surface area contributed by atoms with E-state index in [-0.39, 0.29) is 6.03 Å². The molecule has 1 aliphatic heterocycles. The van der Waals surface area contributed by atoms with Crippen molar-refractivity contribution in [1.29, 1.82) is 0 Å². The first-order valence-electron chi connectivity index (χ1n) is 9.30. The van der Waals surface area contributed by atoms with Gasteiger partial charge in [0.2, 0.25) is 5.89 Å². The van der Waals surface area contributed by atoms with Gasteiger partial charge in [0.15, 0.2) is 0 Å². The Labute approximate surface area is 165 Å². The van der Waals surface area contributed by atoms with Crippen LogP contribution in [0.15, 0.2) is 22.6 Å². The summed E-state index contributed by atoms with van der Waals surface area (Å²) >= 11 is 0. The number of oxazole rings is 1. The van der Waals surface area contributed by atoms with Crippen molar-refractivity contribution in [2.75, 3.05) is 54.5 Å². The minimum Gasteiger partial charge on any atom is -0.497 e. The van der Waals surface area contributed by atoms with Gasteiger partial charge in [-0.2, -0.15) is 0 Å². The molecule has 1 saturated heterocycles. The molecule has 2 amide bonds. The van der Waals surface area contributed by atoms with Crippen LogP contribution >= 0.6 is 0 Å². The molecule has 28 heavy (non-hydrogen) atoms. The zero-order valence-electron chi connectivity index (χ0n) is 17.2. The Hall–Kier alpha value is -2.74. The predicted octanol–water partition coefficient (Wildman–Crippen LogP) is 2.47. The molecule has 0 bridgehead atoms. The summed E-state index contributed by atoms with van der Waals surface area (Å²) in [5, 5.41) is 0. The highest BCUT2D eigenvalue weighted by molar-refractivity contribution is 5.73. The van der Waals surface area contributed by atoms with Crippen LogP contribution in [0.25, 0.3) is 11.5 Å². The summed E-state index contributed by atoms with van der Waals surface area (Å²) < 4.78 is 16.7. The Morgan fingerprint density at radius 2 is 1.89 bits per heavy atom. The number of rotatable bonds is 5. The Kier molecular flexibility index (Phi) is 6.08. The van der Waals surface area contributed by atoms with Crippen LogP contribution in [0, 0.1) is 6.92 Å². The van der Waals surface area contributed by atoms with Crippen molar-refractivity contribution in [3.05, 3.63) is 29.7 Å². The first-order valence-corrected chi connectivity index (χ1v) is 9.30. The van der Waals surface area contributed by atoms with Crippen LogP contribution in [0.5, 0.6) is 11.5 Å². The maximum atomic E-state index is 12.1. The van der Waals surface area contributed by atoms with Crippen molar-refractivity contribution in [3.63, 3.8) is 0 Å². The third-order valence-electron chi connectivity index (χ3n) is 4.93. The van der Waals surface area contributed by atoms with Gasteiger partial charge in [-0.25, -0.2) is 9.78 Å². The maximum Gasteiger partial charge on any atom is 0.319 e. The molecule has 0 radical (unpaired) electrons. The van der Waals surface area contributed by atoms with Gasteiger partial charge in [0, 0.05) is 46.8 Å². The normalized spacial score (nSPS) is 14.8. The molecule has 1 aromatic carbocycles. The third kappa shape index (κ3) is 4.22. The number of urea groups is 1. The minimum atomic E-state index is 0.0599. The fraction of sp³-hybridized carbons (Fsp3) is 0.500. The fourth-order valence-corrected chi connectivity index (χ4v) is 3.26. The Balaban J connectivity index is 1.71. The number of carbonyl (C=O) groups excluding carboxylic acids is 1. The molecule has 2 aromatic rings. The number of hydrogen-bond acceptors (Lipinski definition) is 6. The zero-order valence-corrected chi connectivity index (χ0v) is 17.2. The van der Waals surface area contributed by atoms with Crippen LogP contribution in [0.1, 0.15) is 11.5 Å². The van der Waals surface area contributed by atoms with Gasteiger partial charge < -0.3 is 23.7 Å². The van der Waals surface area contributed by atoms with Crippen LogP contribution in [0.4, 0.5) is 4.79 Å². The highest BCUT2D eigenvalue weighted by Gasteiger charge is 2.24. The van der Waals surface area contributed by atoms with E-state index >= 15 is 0 Å². The molecule has 0 saturated carbocycles. The monoisotopic (exact) mass is 388 g/mol. The number of nitrogens with zero attached hydrogens (tertiary/aromatic N) is 4. The minimum absolute atomic E-state index is 0.0599. The predicted molar refractivity (Wildman–Crippen MR) is 106 cm³/mol. The molecule has 8 heteroatoms. The van der Waals surface area contributed by atoms with Crippen LogP contribution in [-0.2, 0) is 6.54 Å². The molecule has 1 aromatic heterocycles. The Morgan fingerprint density at radius 3 is 2.50 bits per heavy atom. The van der Waals surface area contributed by atoms with E-state index in [9.17, 15) is 4.79 Å². The van der Waals surface area contributed by atoms with E-state index in [2.05, 4.69) is 4.90 Å². The highest BCUT2D eigenvalue weighted by Crippen LogP contribution is 2.34. The number of methoxy groups -OCH3 is 2. The molecule has 3 rings (SSSR count). The molecule has 0 atom stereocenters. The van der Waals surface area contributed by atoms with Gasteiger partial charge in [-0.3, -0.25) is 4.90 Å². The SMILES string of the molecule is COc1ccc(OC)c(-c2nc(CN3CCN(C(=O)N(C)C)CC3)c(C)o2)c1. The second-order valence-electron chi connectivity index (χ2n) is 7.03. The van der Waals surface area contributed by atoms with Gasteiger partial charge in [-0.1, -0.05) is 0 Å². The van der Waals surface area contributed by atoms with Gasteiger partial charge in [-0.15, -0.1) is 0 Å². The van der Waals surface area contributed by atoms with Gasteiger partial charge in [0.1, 0.15) is 17.3 Å². The number of carbonyl (C=O) groups is 1. The molecular formula is C20H28N4O4. The molecule has 1 fully saturated rings. The van der Waals surface area contributed by atoms with E-state index in [0.717, 1.165) is 35.9 Å². The summed E-state index contributed by atoms with van der Waals surface area (Å²) in [6, 6.07) is 5.60. The topological polar surface area (TPSA) is 71.3 Å². The second kappa shape index (κ2) is 8.52. The summed E-state index contributed by atoms with van der Waals surface area (Å²) in [6.07, 6.45) is 0. The second-order valence-corrected chi connectivity index (χ2v) is 7.03. The van der Waals surface area contributed by atoms with E-state index < -0.39 is 0 Å². The van der Waals surface area contributed by atoms with E-state index in [1.165, 1.54) is 0 Å². The van der Waals surface area contributed by atoms with Crippen molar-refractivity contribution in [1.82, 2.24) is 19.7 Å². The molecule has 0 unspecified atom stereocenters. The third-order valence-corrected chi connectivity index (χ3v) is 4.93. The lowest BCUT2D eigenvalue weighted by Crippen LogP contribution is -2.51. The smallest absolute Gasteiger partial charge is 0.319 e. The molecule has 0 spiro atoms. The van der Waals surface area contributed by atoms with Crippen LogP contribution in [-0.4, -0.2) is 80.2 Å². The van der Waals surface area contributed by atoms with Gasteiger partial charge in [-0.05, 0) is 25.1 Å². The number of ether oxygens (including phenoxy) is 2. The molecule has 152 valence electrons. The lowest BCUT2D eigenvalue weighted by atomic mass is 10.2. The summed E-state index contributed by atoms with van der Waals surface area (Å²) in [5.74, 6) is 2.70. The average Bonchev–Trinajstić information content (AvgIpc) is 3.07. The standard InChI is InChI=1S/C20H28N4O4/c1-14-17(13-23-8-10-24(11-9-23)20(25)22(2)3)21-19(28-14)16-12-15(26-4)6-7-18(16)27-5/h6-7,12H,8-11,13H2,1-5H3. The molecule has 1 aliphatic rings.